The third kappa shape index (κ3) is 3.16. The van der Waals surface area contributed by atoms with Gasteiger partial charge in [0.15, 0.2) is 0 Å². The minimum absolute atomic E-state index is 0.235. The highest BCUT2D eigenvalue weighted by atomic mass is 79.9. The molecule has 0 bridgehead atoms. The van der Waals surface area contributed by atoms with Crippen LogP contribution in [0, 0.1) is 0 Å². The molecule has 1 fully saturated rings. The van der Waals surface area contributed by atoms with Crippen molar-refractivity contribution in [3.8, 4) is 0 Å². The monoisotopic (exact) mass is 347 g/mol. The largest absolute Gasteiger partial charge is 0.383 e. The number of nitrogen functional groups attached to an aromatic ring is 1. The van der Waals surface area contributed by atoms with Gasteiger partial charge in [-0.25, -0.2) is 4.98 Å². The summed E-state index contributed by atoms with van der Waals surface area (Å²) in [6.45, 7) is 2.81. The van der Waals surface area contributed by atoms with E-state index < -0.39 is 0 Å². The van der Waals surface area contributed by atoms with E-state index in [1.807, 2.05) is 6.07 Å². The van der Waals surface area contributed by atoms with E-state index in [1.54, 1.807) is 6.07 Å². The topological polar surface area (TPSA) is 58.3 Å². The summed E-state index contributed by atoms with van der Waals surface area (Å²) in [7, 11) is 2.14. The number of anilines is 2. The first kappa shape index (κ1) is 14.3. The smallest absolute Gasteiger partial charge is 0.228 e. The first-order valence-electron chi connectivity index (χ1n) is 6.93. The molecule has 6 heteroatoms. The van der Waals surface area contributed by atoms with E-state index in [0.717, 1.165) is 24.2 Å². The molecule has 5 nitrogen and oxygen atoms in total. The zero-order valence-corrected chi connectivity index (χ0v) is 13.5. The third-order valence-corrected chi connectivity index (χ3v) is 4.13. The van der Waals surface area contributed by atoms with Crippen LogP contribution in [-0.4, -0.2) is 41.5 Å². The molecule has 1 atom stereocenters. The number of piperazine rings is 1. The molecule has 2 N–H and O–H groups in total. The predicted molar refractivity (Wildman–Crippen MR) is 88.2 cm³/mol. The molecule has 2 heterocycles. The van der Waals surface area contributed by atoms with Gasteiger partial charge in [-0.1, -0.05) is 30.3 Å². The van der Waals surface area contributed by atoms with Crippen LogP contribution in [0.2, 0.25) is 0 Å². The van der Waals surface area contributed by atoms with Crippen molar-refractivity contribution in [1.82, 2.24) is 14.9 Å². The summed E-state index contributed by atoms with van der Waals surface area (Å²) in [5.74, 6) is 1.17. The molecule has 110 valence electrons. The van der Waals surface area contributed by atoms with E-state index in [4.69, 9.17) is 5.73 Å². The van der Waals surface area contributed by atoms with Crippen molar-refractivity contribution >= 4 is 27.7 Å². The lowest BCUT2D eigenvalue weighted by atomic mass is 10.0. The minimum atomic E-state index is 0.235. The Morgan fingerprint density at radius 1 is 1.19 bits per heavy atom. The van der Waals surface area contributed by atoms with Crippen molar-refractivity contribution in [2.75, 3.05) is 37.3 Å². The highest BCUT2D eigenvalue weighted by Gasteiger charge is 2.28. The molecule has 1 aliphatic heterocycles. The number of likely N-dealkylation sites (N-methyl/N-ethyl adjacent to an activating group) is 1. The van der Waals surface area contributed by atoms with E-state index in [1.165, 1.54) is 5.56 Å². The highest BCUT2D eigenvalue weighted by molar-refractivity contribution is 9.10. The van der Waals surface area contributed by atoms with Crippen LogP contribution in [0.25, 0.3) is 0 Å². The number of benzene rings is 1. The van der Waals surface area contributed by atoms with Crippen LogP contribution in [-0.2, 0) is 0 Å². The highest BCUT2D eigenvalue weighted by Crippen LogP contribution is 2.29. The molecular weight excluding hydrogens is 330 g/mol. The molecule has 0 amide bonds. The summed E-state index contributed by atoms with van der Waals surface area (Å²) < 4.78 is 0.718. The van der Waals surface area contributed by atoms with Gasteiger partial charge in [-0.15, -0.1) is 0 Å². The SMILES string of the molecule is CN1CCN(c2nc(N)cc(Br)n2)C(c2ccccc2)C1. The van der Waals surface area contributed by atoms with Gasteiger partial charge < -0.3 is 15.5 Å². The molecule has 21 heavy (non-hydrogen) atoms. The van der Waals surface area contributed by atoms with Crippen LogP contribution in [0.15, 0.2) is 41.0 Å². The summed E-state index contributed by atoms with van der Waals surface area (Å²) >= 11 is 3.40. The van der Waals surface area contributed by atoms with Gasteiger partial charge in [-0.3, -0.25) is 0 Å². The average Bonchev–Trinajstić information content (AvgIpc) is 2.47. The van der Waals surface area contributed by atoms with Crippen LogP contribution in [0.4, 0.5) is 11.8 Å². The second-order valence-corrected chi connectivity index (χ2v) is 6.11. The Balaban J connectivity index is 1.98. The maximum absolute atomic E-state index is 5.86. The normalized spacial score (nSPS) is 19.7. The van der Waals surface area contributed by atoms with Crippen molar-refractivity contribution in [2.45, 2.75) is 6.04 Å². The molecule has 3 rings (SSSR count). The zero-order chi connectivity index (χ0) is 14.8. The van der Waals surface area contributed by atoms with E-state index in [2.05, 4.69) is 67.0 Å². The second-order valence-electron chi connectivity index (χ2n) is 5.30. The number of hydrogen-bond donors (Lipinski definition) is 1. The van der Waals surface area contributed by atoms with Crippen molar-refractivity contribution in [2.24, 2.45) is 0 Å². The van der Waals surface area contributed by atoms with E-state index >= 15 is 0 Å². The molecule has 2 aromatic rings. The van der Waals surface area contributed by atoms with Crippen molar-refractivity contribution < 1.29 is 0 Å². The van der Waals surface area contributed by atoms with E-state index in [0.29, 0.717) is 11.8 Å². The minimum Gasteiger partial charge on any atom is -0.383 e. The molecule has 1 aromatic heterocycles. The van der Waals surface area contributed by atoms with Gasteiger partial charge in [-0.2, -0.15) is 4.98 Å². The van der Waals surface area contributed by atoms with Gasteiger partial charge in [0, 0.05) is 25.7 Å². The van der Waals surface area contributed by atoms with Crippen molar-refractivity contribution in [1.29, 1.82) is 0 Å². The summed E-state index contributed by atoms with van der Waals surface area (Å²) in [4.78, 5) is 13.5. The van der Waals surface area contributed by atoms with Gasteiger partial charge in [-0.05, 0) is 28.5 Å². The molecule has 0 radical (unpaired) electrons. The van der Waals surface area contributed by atoms with Crippen LogP contribution >= 0.6 is 15.9 Å². The summed E-state index contributed by atoms with van der Waals surface area (Å²) in [6, 6.07) is 12.4. The Bertz CT molecular complexity index is 598. The van der Waals surface area contributed by atoms with E-state index in [-0.39, 0.29) is 6.04 Å². The zero-order valence-electron chi connectivity index (χ0n) is 11.9. The predicted octanol–water partition coefficient (Wildman–Crippen LogP) is 2.31. The Morgan fingerprint density at radius 2 is 1.95 bits per heavy atom. The van der Waals surface area contributed by atoms with Gasteiger partial charge in [0.05, 0.1) is 6.04 Å². The average molecular weight is 348 g/mol. The number of hydrogen-bond acceptors (Lipinski definition) is 5. The molecule has 0 aliphatic carbocycles. The molecule has 1 unspecified atom stereocenters. The Hall–Kier alpha value is -1.66. The van der Waals surface area contributed by atoms with Crippen LogP contribution < -0.4 is 10.6 Å². The van der Waals surface area contributed by atoms with Gasteiger partial charge >= 0.3 is 0 Å². The lowest BCUT2D eigenvalue weighted by molar-refractivity contribution is 0.267. The molecule has 1 saturated heterocycles. The molecule has 1 aliphatic rings. The van der Waals surface area contributed by atoms with E-state index in [9.17, 15) is 0 Å². The quantitative estimate of drug-likeness (QED) is 0.844. The Labute approximate surface area is 132 Å². The first-order valence-corrected chi connectivity index (χ1v) is 7.73. The van der Waals surface area contributed by atoms with Crippen molar-refractivity contribution in [3.63, 3.8) is 0 Å². The number of nitrogens with zero attached hydrogens (tertiary/aromatic N) is 4. The van der Waals surface area contributed by atoms with Crippen LogP contribution in [0.3, 0.4) is 0 Å². The molecule has 0 spiro atoms. The molecule has 0 saturated carbocycles. The Kier molecular flexibility index (Phi) is 4.07. The maximum Gasteiger partial charge on any atom is 0.228 e. The number of nitrogens with two attached hydrogens (primary N) is 1. The third-order valence-electron chi connectivity index (χ3n) is 3.73. The second kappa shape index (κ2) is 5.99. The fourth-order valence-corrected chi connectivity index (χ4v) is 3.06. The molecule has 1 aromatic carbocycles. The van der Waals surface area contributed by atoms with Crippen LogP contribution in [0.1, 0.15) is 11.6 Å². The lowest BCUT2D eigenvalue weighted by Crippen LogP contribution is -2.47. The van der Waals surface area contributed by atoms with Gasteiger partial charge in [0.25, 0.3) is 0 Å². The van der Waals surface area contributed by atoms with Gasteiger partial charge in [0.2, 0.25) is 5.95 Å². The summed E-state index contributed by atoms with van der Waals surface area (Å²) in [5, 5.41) is 0. The van der Waals surface area contributed by atoms with Crippen molar-refractivity contribution in [3.05, 3.63) is 46.6 Å². The fraction of sp³-hybridized carbons (Fsp3) is 0.333. The maximum atomic E-state index is 5.86. The number of aromatic nitrogens is 2. The standard InChI is InChI=1S/C15H18BrN5/c1-20-7-8-21(15-18-13(16)9-14(17)19-15)12(10-20)11-5-3-2-4-6-11/h2-6,9,12H,7-8,10H2,1H3,(H2,17,18,19). The van der Waals surface area contributed by atoms with Gasteiger partial charge in [0.1, 0.15) is 10.4 Å². The Morgan fingerprint density at radius 3 is 2.67 bits per heavy atom. The fourth-order valence-electron chi connectivity index (χ4n) is 2.67. The lowest BCUT2D eigenvalue weighted by Gasteiger charge is -2.40. The summed E-state index contributed by atoms with van der Waals surface area (Å²) in [5.41, 5.74) is 7.13. The number of halogens is 1. The molecular formula is C15H18BrN5. The van der Waals surface area contributed by atoms with Crippen LogP contribution in [0.5, 0.6) is 0 Å². The first-order chi connectivity index (χ1) is 10.1. The number of rotatable bonds is 2. The summed E-state index contributed by atoms with van der Waals surface area (Å²) in [6.07, 6.45) is 0.